The molecule has 0 radical (unpaired) electrons. The van der Waals surface area contributed by atoms with Crippen molar-refractivity contribution in [3.05, 3.63) is 18.0 Å². The monoisotopic (exact) mass is 126 g/mol. The molecule has 0 spiro atoms. The van der Waals surface area contributed by atoms with E-state index in [0.29, 0.717) is 0 Å². The maximum atomic E-state index is 5.03. The molecular weight excluding hydrogens is 116 g/mol. The largest absolute Gasteiger partial charge is 0.377 e. The summed E-state index contributed by atoms with van der Waals surface area (Å²) in [6, 6.07) is 0. The van der Waals surface area contributed by atoms with Crippen LogP contribution in [0.15, 0.2) is 12.4 Å². The van der Waals surface area contributed by atoms with Crippen molar-refractivity contribution in [2.45, 2.75) is 13.0 Å². The number of methoxy groups -OCH3 is 1. The van der Waals surface area contributed by atoms with E-state index >= 15 is 0 Å². The molecule has 0 fully saturated rings. The van der Waals surface area contributed by atoms with Crippen molar-refractivity contribution in [2.24, 2.45) is 0 Å². The molecule has 1 atom stereocenters. The average molecular weight is 126 g/mol. The lowest BCUT2D eigenvalue weighted by molar-refractivity contribution is 0.119. The summed E-state index contributed by atoms with van der Waals surface area (Å²) < 4.78 is 5.03. The molecule has 1 aromatic heterocycles. The lowest BCUT2D eigenvalue weighted by atomic mass is 10.2. The number of aromatic nitrogens is 2. The highest BCUT2D eigenvalue weighted by Gasteiger charge is 2.01. The van der Waals surface area contributed by atoms with Gasteiger partial charge in [0.1, 0.15) is 0 Å². The highest BCUT2D eigenvalue weighted by Crippen LogP contribution is 2.11. The Hall–Kier alpha value is -0.830. The van der Waals surface area contributed by atoms with Gasteiger partial charge in [0.15, 0.2) is 0 Å². The SMILES string of the molecule is COC(C)c1cn[nH]c1. The van der Waals surface area contributed by atoms with Gasteiger partial charge in [-0.2, -0.15) is 5.10 Å². The van der Waals surface area contributed by atoms with Crippen molar-refractivity contribution < 1.29 is 4.74 Å². The van der Waals surface area contributed by atoms with Crippen molar-refractivity contribution in [2.75, 3.05) is 7.11 Å². The standard InChI is InChI=1S/C6H10N2O/c1-5(9-2)6-3-7-8-4-6/h3-5H,1-2H3,(H,7,8). The van der Waals surface area contributed by atoms with Crippen LogP contribution < -0.4 is 0 Å². The van der Waals surface area contributed by atoms with Gasteiger partial charge in [0.25, 0.3) is 0 Å². The highest BCUT2D eigenvalue weighted by atomic mass is 16.5. The topological polar surface area (TPSA) is 37.9 Å². The molecular formula is C6H10N2O. The Morgan fingerprint density at radius 2 is 2.56 bits per heavy atom. The van der Waals surface area contributed by atoms with Crippen LogP contribution in [0.2, 0.25) is 0 Å². The van der Waals surface area contributed by atoms with E-state index in [4.69, 9.17) is 4.74 Å². The lowest BCUT2D eigenvalue weighted by Crippen LogP contribution is -1.92. The minimum Gasteiger partial charge on any atom is -0.377 e. The second-order valence-corrected chi connectivity index (χ2v) is 1.91. The molecule has 0 aliphatic carbocycles. The zero-order valence-corrected chi connectivity index (χ0v) is 5.59. The van der Waals surface area contributed by atoms with Crippen LogP contribution in [0.1, 0.15) is 18.6 Å². The van der Waals surface area contributed by atoms with Gasteiger partial charge in [0.05, 0.1) is 12.3 Å². The van der Waals surface area contributed by atoms with E-state index in [9.17, 15) is 0 Å². The Morgan fingerprint density at radius 1 is 1.78 bits per heavy atom. The van der Waals surface area contributed by atoms with Gasteiger partial charge in [-0.3, -0.25) is 5.10 Å². The van der Waals surface area contributed by atoms with Crippen molar-refractivity contribution in [3.63, 3.8) is 0 Å². The minimum atomic E-state index is 0.142. The fourth-order valence-electron chi connectivity index (χ4n) is 0.619. The number of ether oxygens (including phenoxy) is 1. The number of nitrogens with zero attached hydrogens (tertiary/aromatic N) is 1. The third kappa shape index (κ3) is 1.29. The van der Waals surface area contributed by atoms with E-state index < -0.39 is 0 Å². The quantitative estimate of drug-likeness (QED) is 0.644. The molecule has 9 heavy (non-hydrogen) atoms. The maximum absolute atomic E-state index is 5.03. The normalized spacial score (nSPS) is 13.6. The number of hydrogen-bond donors (Lipinski definition) is 1. The molecule has 0 saturated carbocycles. The molecule has 0 aromatic carbocycles. The summed E-state index contributed by atoms with van der Waals surface area (Å²) in [6.07, 6.45) is 3.73. The van der Waals surface area contributed by atoms with Crippen molar-refractivity contribution in [1.29, 1.82) is 0 Å². The molecule has 0 aliphatic heterocycles. The molecule has 3 heteroatoms. The van der Waals surface area contributed by atoms with Crippen LogP contribution >= 0.6 is 0 Å². The van der Waals surface area contributed by atoms with Gasteiger partial charge >= 0.3 is 0 Å². The molecule has 0 saturated heterocycles. The predicted octanol–water partition coefficient (Wildman–Crippen LogP) is 1.12. The molecule has 1 aromatic rings. The van der Waals surface area contributed by atoms with Gasteiger partial charge in [-0.1, -0.05) is 0 Å². The zero-order chi connectivity index (χ0) is 6.69. The first-order valence-electron chi connectivity index (χ1n) is 2.86. The van der Waals surface area contributed by atoms with Gasteiger partial charge in [-0.15, -0.1) is 0 Å². The number of hydrogen-bond acceptors (Lipinski definition) is 2. The van der Waals surface area contributed by atoms with E-state index in [1.54, 1.807) is 13.3 Å². The van der Waals surface area contributed by atoms with Crippen molar-refractivity contribution in [3.8, 4) is 0 Å². The summed E-state index contributed by atoms with van der Waals surface area (Å²) in [4.78, 5) is 0. The Morgan fingerprint density at radius 3 is 3.00 bits per heavy atom. The first kappa shape index (κ1) is 6.29. The van der Waals surface area contributed by atoms with Crippen LogP contribution in [0, 0.1) is 0 Å². The molecule has 0 aliphatic rings. The highest BCUT2D eigenvalue weighted by molar-refractivity contribution is 5.05. The summed E-state index contributed by atoms with van der Waals surface area (Å²) in [5.74, 6) is 0. The van der Waals surface area contributed by atoms with E-state index in [1.807, 2.05) is 13.1 Å². The average Bonchev–Trinajstić information content (AvgIpc) is 2.37. The number of nitrogens with one attached hydrogen (secondary N) is 1. The maximum Gasteiger partial charge on any atom is 0.0823 e. The van der Waals surface area contributed by atoms with E-state index in [0.717, 1.165) is 5.56 Å². The fourth-order valence-corrected chi connectivity index (χ4v) is 0.619. The molecule has 1 rings (SSSR count). The Kier molecular flexibility index (Phi) is 1.85. The second-order valence-electron chi connectivity index (χ2n) is 1.91. The third-order valence-corrected chi connectivity index (χ3v) is 1.34. The second kappa shape index (κ2) is 2.64. The van der Waals surface area contributed by atoms with Gasteiger partial charge in [-0.25, -0.2) is 0 Å². The Bertz CT molecular complexity index is 160. The molecule has 1 unspecified atom stereocenters. The van der Waals surface area contributed by atoms with Crippen molar-refractivity contribution >= 4 is 0 Å². The summed E-state index contributed by atoms with van der Waals surface area (Å²) >= 11 is 0. The molecule has 1 heterocycles. The molecule has 3 nitrogen and oxygen atoms in total. The van der Waals surface area contributed by atoms with Crippen LogP contribution in [-0.2, 0) is 4.74 Å². The summed E-state index contributed by atoms with van der Waals surface area (Å²) in [6.45, 7) is 1.98. The first-order valence-corrected chi connectivity index (χ1v) is 2.86. The minimum absolute atomic E-state index is 0.142. The lowest BCUT2D eigenvalue weighted by Gasteiger charge is -2.03. The van der Waals surface area contributed by atoms with Crippen LogP contribution in [0.4, 0.5) is 0 Å². The smallest absolute Gasteiger partial charge is 0.0823 e. The van der Waals surface area contributed by atoms with E-state index in [-0.39, 0.29) is 6.10 Å². The molecule has 50 valence electrons. The van der Waals surface area contributed by atoms with Crippen molar-refractivity contribution in [1.82, 2.24) is 10.2 Å². The summed E-state index contributed by atoms with van der Waals surface area (Å²) in [5, 5.41) is 6.50. The number of rotatable bonds is 2. The van der Waals surface area contributed by atoms with Gasteiger partial charge in [0, 0.05) is 18.9 Å². The van der Waals surface area contributed by atoms with Crippen LogP contribution in [0.25, 0.3) is 0 Å². The fraction of sp³-hybridized carbons (Fsp3) is 0.500. The third-order valence-electron chi connectivity index (χ3n) is 1.34. The van der Waals surface area contributed by atoms with Gasteiger partial charge < -0.3 is 4.74 Å². The van der Waals surface area contributed by atoms with E-state index in [1.165, 1.54) is 0 Å². The van der Waals surface area contributed by atoms with Crippen LogP contribution in [0.3, 0.4) is 0 Å². The number of aromatic amines is 1. The number of H-pyrrole nitrogens is 1. The van der Waals surface area contributed by atoms with Gasteiger partial charge in [-0.05, 0) is 6.92 Å². The van der Waals surface area contributed by atoms with Crippen LogP contribution in [-0.4, -0.2) is 17.3 Å². The zero-order valence-electron chi connectivity index (χ0n) is 5.59. The summed E-state index contributed by atoms with van der Waals surface area (Å²) in [7, 11) is 1.68. The van der Waals surface area contributed by atoms with E-state index in [2.05, 4.69) is 10.2 Å². The Balaban J connectivity index is 2.65. The van der Waals surface area contributed by atoms with Crippen LogP contribution in [0.5, 0.6) is 0 Å². The predicted molar refractivity (Wildman–Crippen MR) is 34.0 cm³/mol. The first-order chi connectivity index (χ1) is 4.34. The molecule has 0 bridgehead atoms. The summed E-state index contributed by atoms with van der Waals surface area (Å²) in [5.41, 5.74) is 1.08. The molecule has 0 amide bonds. The van der Waals surface area contributed by atoms with Gasteiger partial charge in [0.2, 0.25) is 0 Å². The Labute approximate surface area is 54.0 Å². The molecule has 1 N–H and O–H groups in total.